The Hall–Kier alpha value is -0.900. The van der Waals surface area contributed by atoms with Crippen LogP contribution in [0.4, 0.5) is 0 Å². The first kappa shape index (κ1) is 22.8. The van der Waals surface area contributed by atoms with Crippen molar-refractivity contribution in [2.45, 2.75) is 36.6 Å². The van der Waals surface area contributed by atoms with Gasteiger partial charge in [0.25, 0.3) is 5.91 Å². The number of nitrogens with zero attached hydrogens (tertiary/aromatic N) is 2. The number of hydrogen-bond acceptors (Lipinski definition) is 5. The number of carbonyl (C=O) groups is 1. The van der Waals surface area contributed by atoms with Gasteiger partial charge in [0.2, 0.25) is 10.0 Å². The summed E-state index contributed by atoms with van der Waals surface area (Å²) in [5.74, 6) is -0.394. The lowest BCUT2D eigenvalue weighted by atomic mass is 10.2. The molecule has 0 atom stereocenters. The molecule has 1 aromatic rings. The number of amides is 1. The van der Waals surface area contributed by atoms with E-state index in [0.717, 1.165) is 58.4 Å². The second-order valence-corrected chi connectivity index (χ2v) is 10.3. The molecular weight excluding hydrogens is 435 g/mol. The van der Waals surface area contributed by atoms with E-state index in [4.69, 9.17) is 23.2 Å². The number of benzene rings is 1. The van der Waals surface area contributed by atoms with E-state index >= 15 is 0 Å². The van der Waals surface area contributed by atoms with Crippen LogP contribution in [0.5, 0.6) is 0 Å². The first-order valence-corrected chi connectivity index (χ1v) is 12.2. The molecule has 2 fully saturated rings. The number of rotatable bonds is 9. The topological polar surface area (TPSA) is 81.8 Å². The van der Waals surface area contributed by atoms with Crippen LogP contribution in [0, 0.1) is 0 Å². The Bertz CT molecular complexity index is 838. The lowest BCUT2D eigenvalue weighted by molar-refractivity contribution is 0.0952. The third kappa shape index (κ3) is 6.54. The minimum absolute atomic E-state index is 0.00637. The molecule has 29 heavy (non-hydrogen) atoms. The zero-order valence-corrected chi connectivity index (χ0v) is 18.9. The summed E-state index contributed by atoms with van der Waals surface area (Å²) in [5.41, 5.74) is 0.117. The van der Waals surface area contributed by atoms with Crippen molar-refractivity contribution in [1.82, 2.24) is 19.8 Å². The molecule has 1 aliphatic heterocycles. The van der Waals surface area contributed by atoms with Crippen LogP contribution >= 0.6 is 23.2 Å². The molecule has 0 bridgehead atoms. The highest BCUT2D eigenvalue weighted by Crippen LogP contribution is 2.30. The summed E-state index contributed by atoms with van der Waals surface area (Å²) >= 11 is 12.2. The standard InChI is InChI=1S/C19H28Cl2N4O3S/c1-24-8-10-25(11-9-24)7-3-2-6-22-19(26)15-12-18(17(21)13-16(15)20)29(27,28)23-14-4-5-14/h12-14,23H,2-11H2,1H3,(H,22,26). The van der Waals surface area contributed by atoms with Crippen molar-refractivity contribution in [3.63, 3.8) is 0 Å². The molecule has 10 heteroatoms. The maximum Gasteiger partial charge on any atom is 0.252 e. The summed E-state index contributed by atoms with van der Waals surface area (Å²) in [6.07, 6.45) is 3.46. The van der Waals surface area contributed by atoms with Crippen LogP contribution in [0.3, 0.4) is 0 Å². The summed E-state index contributed by atoms with van der Waals surface area (Å²) in [5, 5.41) is 2.97. The van der Waals surface area contributed by atoms with Crippen LogP contribution in [0.1, 0.15) is 36.0 Å². The average molecular weight is 463 g/mol. The van der Waals surface area contributed by atoms with Gasteiger partial charge in [-0.1, -0.05) is 23.2 Å². The third-order valence-electron chi connectivity index (χ3n) is 5.24. The van der Waals surface area contributed by atoms with Crippen LogP contribution in [0.2, 0.25) is 10.0 Å². The minimum Gasteiger partial charge on any atom is -0.352 e. The first-order chi connectivity index (χ1) is 13.8. The van der Waals surface area contributed by atoms with Gasteiger partial charge in [0.05, 0.1) is 15.6 Å². The van der Waals surface area contributed by atoms with Crippen LogP contribution in [-0.2, 0) is 10.0 Å². The number of piperazine rings is 1. The maximum atomic E-state index is 12.5. The summed E-state index contributed by atoms with van der Waals surface area (Å²) in [6, 6.07) is 2.52. The van der Waals surface area contributed by atoms with Crippen LogP contribution in [0.15, 0.2) is 17.0 Å². The van der Waals surface area contributed by atoms with E-state index in [-0.39, 0.29) is 26.5 Å². The first-order valence-electron chi connectivity index (χ1n) is 9.97. The van der Waals surface area contributed by atoms with E-state index in [1.165, 1.54) is 12.1 Å². The summed E-state index contributed by atoms with van der Waals surface area (Å²) in [4.78, 5) is 17.2. The number of nitrogens with one attached hydrogen (secondary N) is 2. The largest absolute Gasteiger partial charge is 0.352 e. The Kier molecular flexibility index (Phi) is 7.81. The van der Waals surface area contributed by atoms with Crippen molar-refractivity contribution >= 4 is 39.1 Å². The quantitative estimate of drug-likeness (QED) is 0.549. The number of hydrogen-bond donors (Lipinski definition) is 2. The van der Waals surface area contributed by atoms with Crippen molar-refractivity contribution in [1.29, 1.82) is 0 Å². The Balaban J connectivity index is 1.51. The molecule has 2 aliphatic rings. The van der Waals surface area contributed by atoms with Gasteiger partial charge in [-0.3, -0.25) is 4.79 Å². The van der Waals surface area contributed by atoms with Gasteiger partial charge in [0, 0.05) is 38.8 Å². The van der Waals surface area contributed by atoms with Crippen molar-refractivity contribution in [2.75, 3.05) is 46.3 Å². The van der Waals surface area contributed by atoms with Gasteiger partial charge in [0.1, 0.15) is 4.90 Å². The monoisotopic (exact) mass is 462 g/mol. The molecule has 0 radical (unpaired) electrons. The lowest BCUT2D eigenvalue weighted by Crippen LogP contribution is -2.44. The van der Waals surface area contributed by atoms with Crippen molar-refractivity contribution in [2.24, 2.45) is 0 Å². The summed E-state index contributed by atoms with van der Waals surface area (Å²) in [6.45, 7) is 5.86. The van der Waals surface area contributed by atoms with E-state index in [1.54, 1.807) is 0 Å². The smallest absolute Gasteiger partial charge is 0.252 e. The van der Waals surface area contributed by atoms with E-state index in [1.807, 2.05) is 0 Å². The highest BCUT2D eigenvalue weighted by atomic mass is 35.5. The number of likely N-dealkylation sites (N-methyl/N-ethyl adjacent to an activating group) is 1. The average Bonchev–Trinajstić information content (AvgIpc) is 3.46. The Morgan fingerprint density at radius 1 is 1.10 bits per heavy atom. The van der Waals surface area contributed by atoms with E-state index < -0.39 is 15.9 Å². The van der Waals surface area contributed by atoms with Crippen molar-refractivity contribution in [3.05, 3.63) is 27.7 Å². The Labute approximate surface area is 182 Å². The zero-order valence-electron chi connectivity index (χ0n) is 16.6. The molecule has 2 N–H and O–H groups in total. The van der Waals surface area contributed by atoms with E-state index in [9.17, 15) is 13.2 Å². The van der Waals surface area contributed by atoms with Crippen molar-refractivity contribution < 1.29 is 13.2 Å². The Morgan fingerprint density at radius 3 is 2.45 bits per heavy atom. The van der Waals surface area contributed by atoms with Gasteiger partial charge in [-0.25, -0.2) is 13.1 Å². The SMILES string of the molecule is CN1CCN(CCCCNC(=O)c2cc(S(=O)(=O)NC3CC3)c(Cl)cc2Cl)CC1. The Morgan fingerprint density at radius 2 is 1.79 bits per heavy atom. The molecular formula is C19H28Cl2N4O3S. The fourth-order valence-corrected chi connectivity index (χ4v) is 5.39. The molecule has 162 valence electrons. The van der Waals surface area contributed by atoms with Crippen molar-refractivity contribution in [3.8, 4) is 0 Å². The second-order valence-electron chi connectivity index (χ2n) is 7.77. The predicted molar refractivity (Wildman–Crippen MR) is 115 cm³/mol. The number of sulfonamides is 1. The van der Waals surface area contributed by atoms with E-state index in [0.29, 0.717) is 6.54 Å². The number of carbonyl (C=O) groups excluding carboxylic acids is 1. The predicted octanol–water partition coefficient (Wildman–Crippen LogP) is 2.19. The molecule has 0 spiro atoms. The van der Waals surface area contributed by atoms with E-state index in [2.05, 4.69) is 26.9 Å². The molecule has 1 amide bonds. The molecule has 1 saturated heterocycles. The molecule has 1 aromatic carbocycles. The van der Waals surface area contributed by atoms with Gasteiger partial charge in [-0.15, -0.1) is 0 Å². The highest BCUT2D eigenvalue weighted by Gasteiger charge is 2.30. The summed E-state index contributed by atoms with van der Waals surface area (Å²) in [7, 11) is -1.64. The van der Waals surface area contributed by atoms with Gasteiger partial charge < -0.3 is 15.1 Å². The normalized spacial score (nSPS) is 18.7. The number of unbranched alkanes of at least 4 members (excludes halogenated alkanes) is 1. The van der Waals surface area contributed by atoms with Crippen LogP contribution in [-0.4, -0.2) is 76.5 Å². The minimum atomic E-state index is -3.78. The highest BCUT2D eigenvalue weighted by molar-refractivity contribution is 7.89. The third-order valence-corrected chi connectivity index (χ3v) is 7.54. The summed E-state index contributed by atoms with van der Waals surface area (Å²) < 4.78 is 27.5. The molecule has 7 nitrogen and oxygen atoms in total. The molecule has 0 unspecified atom stereocenters. The molecule has 0 aromatic heterocycles. The lowest BCUT2D eigenvalue weighted by Gasteiger charge is -2.32. The van der Waals surface area contributed by atoms with Crippen LogP contribution < -0.4 is 10.0 Å². The molecule has 1 aliphatic carbocycles. The number of halogens is 2. The zero-order chi connectivity index (χ0) is 21.0. The second kappa shape index (κ2) is 9.94. The molecule has 3 rings (SSSR count). The molecule has 1 heterocycles. The fourth-order valence-electron chi connectivity index (χ4n) is 3.22. The van der Waals surface area contributed by atoms with Gasteiger partial charge >= 0.3 is 0 Å². The van der Waals surface area contributed by atoms with Gasteiger partial charge in [0.15, 0.2) is 0 Å². The molecule has 1 saturated carbocycles. The van der Waals surface area contributed by atoms with Gasteiger partial charge in [-0.2, -0.15) is 0 Å². The fraction of sp³-hybridized carbons (Fsp3) is 0.632. The van der Waals surface area contributed by atoms with Crippen LogP contribution in [0.25, 0.3) is 0 Å². The maximum absolute atomic E-state index is 12.5. The van der Waals surface area contributed by atoms with Gasteiger partial charge in [-0.05, 0) is 51.4 Å².